The number of H-pyrrole nitrogens is 1. The molecule has 0 atom stereocenters. The summed E-state index contributed by atoms with van der Waals surface area (Å²) in [5.41, 5.74) is -0.628. The molecule has 0 aliphatic rings. The summed E-state index contributed by atoms with van der Waals surface area (Å²) in [6.07, 6.45) is 0. The first kappa shape index (κ1) is 14.1. The summed E-state index contributed by atoms with van der Waals surface area (Å²) in [6, 6.07) is 6.49. The topological polar surface area (TPSA) is 105 Å². The van der Waals surface area contributed by atoms with Crippen molar-refractivity contribution in [3.8, 4) is 0 Å². The number of nitrogens with one attached hydrogen (secondary N) is 1. The van der Waals surface area contributed by atoms with Crippen LogP contribution in [0.5, 0.6) is 0 Å². The van der Waals surface area contributed by atoms with Crippen LogP contribution in [-0.2, 0) is 12.8 Å². The molecule has 0 amide bonds. The van der Waals surface area contributed by atoms with Crippen molar-refractivity contribution in [1.82, 2.24) is 14.8 Å². The van der Waals surface area contributed by atoms with E-state index in [0.717, 1.165) is 5.56 Å². The smallest absolute Gasteiger partial charge is 0.339 e. The van der Waals surface area contributed by atoms with Crippen molar-refractivity contribution >= 4 is 17.7 Å². The van der Waals surface area contributed by atoms with E-state index in [9.17, 15) is 14.4 Å². The summed E-state index contributed by atoms with van der Waals surface area (Å²) in [4.78, 5) is 36.8. The fourth-order valence-electron chi connectivity index (χ4n) is 1.53. The van der Waals surface area contributed by atoms with Gasteiger partial charge in [-0.2, -0.15) is 4.98 Å². The molecule has 2 N–H and O–H groups in total. The van der Waals surface area contributed by atoms with E-state index in [0.29, 0.717) is 10.9 Å². The number of hydrogen-bond acceptors (Lipinski definition) is 5. The van der Waals surface area contributed by atoms with Crippen molar-refractivity contribution in [2.75, 3.05) is 0 Å². The Morgan fingerprint density at radius 3 is 2.90 bits per heavy atom. The van der Waals surface area contributed by atoms with Gasteiger partial charge in [0, 0.05) is 12.8 Å². The quantitative estimate of drug-likeness (QED) is 0.626. The molecule has 0 saturated heterocycles. The molecule has 0 spiro atoms. The number of hydrogen-bond donors (Lipinski definition) is 2. The van der Waals surface area contributed by atoms with Gasteiger partial charge in [-0.15, -0.1) is 0 Å². The molecule has 0 radical (unpaired) electrons. The van der Waals surface area contributed by atoms with Crippen LogP contribution in [0.4, 0.5) is 0 Å². The van der Waals surface area contributed by atoms with Crippen LogP contribution in [0, 0.1) is 0 Å². The predicted molar refractivity (Wildman–Crippen MR) is 73.1 cm³/mol. The Bertz CT molecular complexity index is 766. The predicted octanol–water partition coefficient (Wildman–Crippen LogP) is 0.459. The molecule has 0 aliphatic carbocycles. The summed E-state index contributed by atoms with van der Waals surface area (Å²) < 4.78 is 1.36. The number of carboxylic acid groups (broad SMARTS) is 1. The van der Waals surface area contributed by atoms with Crippen molar-refractivity contribution < 1.29 is 9.90 Å². The van der Waals surface area contributed by atoms with E-state index in [1.54, 1.807) is 25.2 Å². The van der Waals surface area contributed by atoms with Crippen LogP contribution in [0.2, 0.25) is 0 Å². The molecule has 0 fully saturated rings. The third kappa shape index (κ3) is 3.15. The van der Waals surface area contributed by atoms with Gasteiger partial charge in [-0.1, -0.05) is 23.9 Å². The SMILES string of the molecule is Cn1[nH]c(=O)c(=O)nc1SCc1cccc(C(=O)O)c1. The second-order valence-electron chi connectivity index (χ2n) is 3.99. The minimum absolute atomic E-state index is 0.200. The van der Waals surface area contributed by atoms with E-state index >= 15 is 0 Å². The van der Waals surface area contributed by atoms with Crippen molar-refractivity contribution in [3.63, 3.8) is 0 Å². The highest BCUT2D eigenvalue weighted by Crippen LogP contribution is 2.19. The van der Waals surface area contributed by atoms with Gasteiger partial charge in [-0.3, -0.25) is 19.4 Å². The van der Waals surface area contributed by atoms with Crippen LogP contribution >= 0.6 is 11.8 Å². The normalized spacial score (nSPS) is 10.4. The molecule has 0 aliphatic heterocycles. The van der Waals surface area contributed by atoms with Gasteiger partial charge in [0.05, 0.1) is 5.56 Å². The van der Waals surface area contributed by atoms with Gasteiger partial charge in [-0.25, -0.2) is 4.79 Å². The molecular weight excluding hydrogens is 282 g/mol. The van der Waals surface area contributed by atoms with Crippen molar-refractivity contribution in [2.45, 2.75) is 10.9 Å². The fraction of sp³-hybridized carbons (Fsp3) is 0.167. The number of benzene rings is 1. The Hall–Kier alpha value is -2.35. The zero-order valence-corrected chi connectivity index (χ0v) is 11.3. The highest BCUT2D eigenvalue weighted by Gasteiger charge is 2.07. The van der Waals surface area contributed by atoms with Gasteiger partial charge in [0.15, 0.2) is 5.16 Å². The zero-order chi connectivity index (χ0) is 14.7. The second-order valence-corrected chi connectivity index (χ2v) is 4.94. The van der Waals surface area contributed by atoms with Crippen molar-refractivity contribution in [3.05, 3.63) is 56.1 Å². The standard InChI is InChI=1S/C12H11N3O4S/c1-15-12(13-9(16)10(17)14-15)20-6-7-3-2-4-8(5-7)11(18)19/h2-5H,6H2,1H3,(H,14,17)(H,18,19). The molecule has 0 bridgehead atoms. The molecule has 8 heteroatoms. The monoisotopic (exact) mass is 293 g/mol. The van der Waals surface area contributed by atoms with E-state index in [1.165, 1.54) is 22.5 Å². The highest BCUT2D eigenvalue weighted by molar-refractivity contribution is 7.98. The Morgan fingerprint density at radius 1 is 1.45 bits per heavy atom. The lowest BCUT2D eigenvalue weighted by Crippen LogP contribution is -2.33. The molecule has 7 nitrogen and oxygen atoms in total. The first-order valence-corrected chi connectivity index (χ1v) is 6.58. The maximum absolute atomic E-state index is 11.2. The first-order chi connectivity index (χ1) is 9.47. The van der Waals surface area contributed by atoms with Crippen LogP contribution in [0.15, 0.2) is 39.0 Å². The maximum Gasteiger partial charge on any atom is 0.339 e. The summed E-state index contributed by atoms with van der Waals surface area (Å²) in [5, 5.41) is 11.6. The Labute approximate surface area is 117 Å². The lowest BCUT2D eigenvalue weighted by atomic mass is 10.1. The molecule has 1 aromatic carbocycles. The number of aryl methyl sites for hydroxylation is 1. The Morgan fingerprint density at radius 2 is 2.20 bits per heavy atom. The summed E-state index contributed by atoms with van der Waals surface area (Å²) >= 11 is 1.23. The van der Waals surface area contributed by atoms with Crippen LogP contribution in [0.3, 0.4) is 0 Å². The summed E-state index contributed by atoms with van der Waals surface area (Å²) in [6.45, 7) is 0. The van der Waals surface area contributed by atoms with Gasteiger partial charge in [0.2, 0.25) is 0 Å². The molecule has 1 aromatic heterocycles. The largest absolute Gasteiger partial charge is 0.478 e. The maximum atomic E-state index is 11.2. The highest BCUT2D eigenvalue weighted by atomic mass is 32.2. The van der Waals surface area contributed by atoms with E-state index in [4.69, 9.17) is 5.11 Å². The lowest BCUT2D eigenvalue weighted by molar-refractivity contribution is 0.0697. The molecule has 0 unspecified atom stereocenters. The van der Waals surface area contributed by atoms with Crippen LogP contribution in [0.1, 0.15) is 15.9 Å². The summed E-state index contributed by atoms with van der Waals surface area (Å²) in [5.74, 6) is -0.556. The Balaban J connectivity index is 2.19. The van der Waals surface area contributed by atoms with E-state index < -0.39 is 17.1 Å². The van der Waals surface area contributed by atoms with Crippen molar-refractivity contribution in [1.29, 1.82) is 0 Å². The third-order valence-electron chi connectivity index (χ3n) is 2.49. The lowest BCUT2D eigenvalue weighted by Gasteiger charge is -2.06. The number of thioether (sulfide) groups is 1. The average Bonchev–Trinajstić information content (AvgIpc) is 2.41. The molecule has 104 valence electrons. The second kappa shape index (κ2) is 5.74. The van der Waals surface area contributed by atoms with Gasteiger partial charge in [-0.05, 0) is 17.7 Å². The minimum Gasteiger partial charge on any atom is -0.478 e. The van der Waals surface area contributed by atoms with Crippen molar-refractivity contribution in [2.24, 2.45) is 7.05 Å². The van der Waals surface area contributed by atoms with E-state index in [1.807, 2.05) is 0 Å². The van der Waals surface area contributed by atoms with Gasteiger partial charge in [0.25, 0.3) is 0 Å². The van der Waals surface area contributed by atoms with Gasteiger partial charge >= 0.3 is 17.1 Å². The zero-order valence-electron chi connectivity index (χ0n) is 10.5. The third-order valence-corrected chi connectivity index (χ3v) is 3.59. The number of aromatic amines is 1. The number of carboxylic acids is 1. The van der Waals surface area contributed by atoms with E-state index in [2.05, 4.69) is 10.1 Å². The van der Waals surface area contributed by atoms with Gasteiger partial charge < -0.3 is 5.11 Å². The number of rotatable bonds is 4. The number of aromatic nitrogens is 3. The van der Waals surface area contributed by atoms with E-state index in [-0.39, 0.29) is 5.56 Å². The average molecular weight is 293 g/mol. The van der Waals surface area contributed by atoms with Crippen LogP contribution in [0.25, 0.3) is 0 Å². The molecular formula is C12H11N3O4S. The summed E-state index contributed by atoms with van der Waals surface area (Å²) in [7, 11) is 1.57. The number of carbonyl (C=O) groups is 1. The molecule has 20 heavy (non-hydrogen) atoms. The molecule has 2 aromatic rings. The minimum atomic E-state index is -0.994. The molecule has 1 heterocycles. The van der Waals surface area contributed by atoms with Crippen LogP contribution < -0.4 is 11.1 Å². The molecule has 2 rings (SSSR count). The first-order valence-electron chi connectivity index (χ1n) is 5.60. The fourth-order valence-corrected chi connectivity index (χ4v) is 2.39. The number of aromatic carboxylic acids is 1. The number of nitrogens with zero attached hydrogens (tertiary/aromatic N) is 2. The van der Waals surface area contributed by atoms with Gasteiger partial charge in [0.1, 0.15) is 0 Å². The molecule has 0 saturated carbocycles. The Kier molecular flexibility index (Phi) is 4.04. The van der Waals surface area contributed by atoms with Crippen LogP contribution in [-0.4, -0.2) is 25.8 Å².